The number of hydrogen-bond donors (Lipinski definition) is 2. The molecule has 6 rings (SSSR count). The van der Waals surface area contributed by atoms with E-state index in [2.05, 4.69) is 97.1 Å². The zero-order valence-electron chi connectivity index (χ0n) is 23.7. The van der Waals surface area contributed by atoms with Gasteiger partial charge in [0.2, 0.25) is 0 Å². The molecule has 0 saturated carbocycles. The molecule has 0 fully saturated rings. The van der Waals surface area contributed by atoms with Gasteiger partial charge in [-0.15, -0.1) is 0 Å². The van der Waals surface area contributed by atoms with Gasteiger partial charge in [-0.1, -0.05) is 167 Å². The Hall–Kier alpha value is -3.87. The van der Waals surface area contributed by atoms with Crippen LogP contribution in [-0.2, 0) is 0 Å². The van der Waals surface area contributed by atoms with Gasteiger partial charge < -0.3 is 0 Å². The molecule has 0 aliphatic rings. The van der Waals surface area contributed by atoms with Crippen molar-refractivity contribution in [3.8, 4) is 0 Å². The zero-order valence-corrected chi connectivity index (χ0v) is 26.4. The second-order valence-corrected chi connectivity index (χ2v) is 18.6. The third-order valence-electron chi connectivity index (χ3n) is 7.37. The standard InChI is InChI=1S/C36H34N4P3/c37-41(31-19-7-1-8-20-31,32-21-9-2-10-22-32)39-43(35-27-15-5-16-28-35,36-29-17-6-18-30-36)40-42(38,33-23-11-3-12-24-33)34-25-13-4-14-26-34/h1-30H,37-38H2/q+1. The lowest BCUT2D eigenvalue weighted by molar-refractivity contribution is 1.62. The molecular weight excluding hydrogens is 581 g/mol. The van der Waals surface area contributed by atoms with E-state index in [1.54, 1.807) is 0 Å². The van der Waals surface area contributed by atoms with Crippen LogP contribution in [0.2, 0.25) is 0 Å². The molecule has 0 heterocycles. The summed E-state index contributed by atoms with van der Waals surface area (Å²) in [5.74, 6) is 0. The van der Waals surface area contributed by atoms with Crippen LogP contribution in [0.1, 0.15) is 0 Å². The van der Waals surface area contributed by atoms with Crippen molar-refractivity contribution in [1.29, 1.82) is 0 Å². The molecule has 0 unspecified atom stereocenters. The molecule has 212 valence electrons. The quantitative estimate of drug-likeness (QED) is 0.182. The molecular formula is C36H34N4P3+. The number of nitrogens with zero attached hydrogens (tertiary/aromatic N) is 2. The summed E-state index contributed by atoms with van der Waals surface area (Å²) in [7, 11) is -8.71. The van der Waals surface area contributed by atoms with Gasteiger partial charge in [-0.3, -0.25) is 11.0 Å². The molecule has 4 nitrogen and oxygen atoms in total. The predicted molar refractivity (Wildman–Crippen MR) is 190 cm³/mol. The van der Waals surface area contributed by atoms with E-state index in [1.807, 2.05) is 84.9 Å². The highest BCUT2D eigenvalue weighted by Gasteiger charge is 2.49. The molecule has 6 aromatic rings. The van der Waals surface area contributed by atoms with Crippen molar-refractivity contribution in [2.24, 2.45) is 20.0 Å². The second-order valence-electron chi connectivity index (χ2n) is 10.2. The Bertz CT molecular complexity index is 1650. The maximum Gasteiger partial charge on any atom is 0.314 e. The van der Waals surface area contributed by atoms with Gasteiger partial charge in [-0.05, 0) is 24.3 Å². The number of nitrogens with two attached hydrogens (primary N) is 2. The van der Waals surface area contributed by atoms with E-state index in [9.17, 15) is 0 Å². The highest BCUT2D eigenvalue weighted by molar-refractivity contribution is 7.98. The minimum atomic E-state index is -3.01. The van der Waals surface area contributed by atoms with Crippen molar-refractivity contribution in [3.63, 3.8) is 0 Å². The Balaban J connectivity index is 1.84. The summed E-state index contributed by atoms with van der Waals surface area (Å²) in [5, 5.41) is 6.01. The van der Waals surface area contributed by atoms with Gasteiger partial charge in [0.1, 0.15) is 25.0 Å². The summed E-state index contributed by atoms with van der Waals surface area (Å²) in [5.41, 5.74) is 15.4. The Morgan fingerprint density at radius 3 is 0.767 bits per heavy atom. The molecule has 0 amide bonds. The largest absolute Gasteiger partial charge is 0.314 e. The second kappa shape index (κ2) is 12.8. The molecule has 0 spiro atoms. The third kappa shape index (κ3) is 5.86. The third-order valence-corrected chi connectivity index (χ3v) is 18.1. The van der Waals surface area contributed by atoms with Gasteiger partial charge in [-0.2, -0.15) is 0 Å². The number of hydrogen-bond acceptors (Lipinski definition) is 2. The van der Waals surface area contributed by atoms with Gasteiger partial charge in [0.05, 0.1) is 0 Å². The van der Waals surface area contributed by atoms with Crippen molar-refractivity contribution >= 4 is 53.8 Å². The van der Waals surface area contributed by atoms with Crippen molar-refractivity contribution in [1.82, 2.24) is 0 Å². The molecule has 0 aliphatic heterocycles. The summed E-state index contributed by atoms with van der Waals surface area (Å²) >= 11 is 0. The van der Waals surface area contributed by atoms with E-state index in [1.165, 1.54) is 0 Å². The molecule has 4 N–H and O–H groups in total. The van der Waals surface area contributed by atoms with Crippen LogP contribution in [0.5, 0.6) is 0 Å². The van der Waals surface area contributed by atoms with Gasteiger partial charge in [0.15, 0.2) is 0 Å². The van der Waals surface area contributed by atoms with Crippen molar-refractivity contribution < 1.29 is 0 Å². The van der Waals surface area contributed by atoms with Crippen LogP contribution in [0.4, 0.5) is 0 Å². The lowest BCUT2D eigenvalue weighted by Gasteiger charge is -2.28. The molecule has 0 aliphatic carbocycles. The highest BCUT2D eigenvalue weighted by Crippen LogP contribution is 2.70. The summed E-state index contributed by atoms with van der Waals surface area (Å²) in [4.78, 5) is 0. The van der Waals surface area contributed by atoms with Crippen molar-refractivity contribution in [3.05, 3.63) is 182 Å². The number of rotatable bonds is 8. The summed E-state index contributed by atoms with van der Waals surface area (Å²) in [6, 6.07) is 61.9. The average Bonchev–Trinajstić information content (AvgIpc) is 3.10. The van der Waals surface area contributed by atoms with Crippen LogP contribution in [-0.4, -0.2) is 0 Å². The fourth-order valence-electron chi connectivity index (χ4n) is 5.18. The molecule has 0 bridgehead atoms. The Morgan fingerprint density at radius 2 is 0.535 bits per heavy atom. The fraction of sp³-hybridized carbons (Fsp3) is 0. The SMILES string of the molecule is NP(=N[P+](N=P(N)(c1ccccc1)c1ccccc1)(c1ccccc1)c1ccccc1)(c1ccccc1)c1ccccc1. The molecule has 0 saturated heterocycles. The first-order valence-electron chi connectivity index (χ1n) is 14.1. The Labute approximate surface area is 255 Å². The van der Waals surface area contributed by atoms with Crippen LogP contribution in [0.25, 0.3) is 0 Å². The summed E-state index contributed by atoms with van der Waals surface area (Å²) in [6.07, 6.45) is 0. The van der Waals surface area contributed by atoms with Crippen LogP contribution in [0.15, 0.2) is 191 Å². The predicted octanol–water partition coefficient (Wildman–Crippen LogP) is 6.94. The summed E-state index contributed by atoms with van der Waals surface area (Å²) < 4.78 is 11.9. The van der Waals surface area contributed by atoms with E-state index >= 15 is 0 Å². The monoisotopic (exact) mass is 615 g/mol. The highest BCUT2D eigenvalue weighted by atomic mass is 31.2. The maximum absolute atomic E-state index is 7.68. The normalized spacial score (nSPS) is 12.0. The van der Waals surface area contributed by atoms with Crippen LogP contribution < -0.4 is 42.8 Å². The van der Waals surface area contributed by atoms with Gasteiger partial charge in [0.25, 0.3) is 0 Å². The topological polar surface area (TPSA) is 76.8 Å². The van der Waals surface area contributed by atoms with E-state index in [0.717, 1.165) is 31.8 Å². The van der Waals surface area contributed by atoms with Crippen molar-refractivity contribution in [2.75, 3.05) is 0 Å². The maximum atomic E-state index is 7.68. The first kappa shape index (κ1) is 29.2. The average molecular weight is 616 g/mol. The van der Waals surface area contributed by atoms with E-state index in [-0.39, 0.29) is 0 Å². The minimum absolute atomic E-state index is 0.994. The van der Waals surface area contributed by atoms with Crippen LogP contribution in [0.3, 0.4) is 0 Å². The molecule has 43 heavy (non-hydrogen) atoms. The molecule has 0 atom stereocenters. The van der Waals surface area contributed by atoms with E-state index in [4.69, 9.17) is 20.0 Å². The first-order chi connectivity index (χ1) is 21.0. The summed E-state index contributed by atoms with van der Waals surface area (Å²) in [6.45, 7) is 0. The fourth-order valence-corrected chi connectivity index (χ4v) is 16.8. The van der Waals surface area contributed by atoms with Gasteiger partial charge in [-0.25, -0.2) is 0 Å². The Morgan fingerprint density at radius 1 is 0.326 bits per heavy atom. The molecule has 7 heteroatoms. The van der Waals surface area contributed by atoms with Crippen LogP contribution in [0, 0.1) is 0 Å². The van der Waals surface area contributed by atoms with Gasteiger partial charge >= 0.3 is 7.56 Å². The van der Waals surface area contributed by atoms with Gasteiger partial charge in [0, 0.05) is 21.2 Å². The minimum Gasteiger partial charge on any atom is -0.287 e. The molecule has 0 radical (unpaired) electrons. The lowest BCUT2D eigenvalue weighted by atomic mass is 10.4. The van der Waals surface area contributed by atoms with E-state index in [0.29, 0.717) is 0 Å². The first-order valence-corrected chi connectivity index (χ1v) is 19.4. The Kier molecular flexibility index (Phi) is 8.68. The smallest absolute Gasteiger partial charge is 0.287 e. The van der Waals surface area contributed by atoms with Crippen LogP contribution >= 0.6 is 22.0 Å². The number of benzene rings is 6. The van der Waals surface area contributed by atoms with E-state index < -0.39 is 22.0 Å². The molecule has 0 aromatic heterocycles. The lowest BCUT2D eigenvalue weighted by Crippen LogP contribution is -2.28. The molecule has 6 aromatic carbocycles. The zero-order chi connectivity index (χ0) is 29.6. The van der Waals surface area contributed by atoms with Crippen molar-refractivity contribution in [2.45, 2.75) is 0 Å².